The lowest BCUT2D eigenvalue weighted by Crippen LogP contribution is -2.02. The molecule has 0 spiro atoms. The number of nitrogens with one attached hydrogen (secondary N) is 1. The van der Waals surface area contributed by atoms with Crippen LogP contribution in [0, 0.1) is 0 Å². The molecular formula is C10H11Cl3N2. The van der Waals surface area contributed by atoms with Gasteiger partial charge in [0.25, 0.3) is 0 Å². The summed E-state index contributed by atoms with van der Waals surface area (Å²) in [5.74, 6) is 0.545. The van der Waals surface area contributed by atoms with Crippen LogP contribution in [0.1, 0.15) is 13.8 Å². The zero-order valence-electron chi connectivity index (χ0n) is 8.44. The predicted molar refractivity (Wildman–Crippen MR) is 67.2 cm³/mol. The normalized spacial score (nSPS) is 9.93. The molecule has 0 fully saturated rings. The molecule has 0 saturated heterocycles. The highest BCUT2D eigenvalue weighted by molar-refractivity contribution is 6.42. The summed E-state index contributed by atoms with van der Waals surface area (Å²) in [6.45, 7) is 4.70. The van der Waals surface area contributed by atoms with E-state index in [1.807, 2.05) is 19.9 Å². The number of aromatic nitrogens is 1. The van der Waals surface area contributed by atoms with Gasteiger partial charge in [-0.2, -0.15) is 0 Å². The van der Waals surface area contributed by atoms with Crippen LogP contribution >= 0.6 is 34.8 Å². The summed E-state index contributed by atoms with van der Waals surface area (Å²) in [6.07, 6.45) is 2.03. The second-order valence-electron chi connectivity index (χ2n) is 3.25. The molecule has 0 amide bonds. The topological polar surface area (TPSA) is 24.9 Å². The van der Waals surface area contributed by atoms with E-state index < -0.39 is 0 Å². The first-order chi connectivity index (χ1) is 7.00. The zero-order chi connectivity index (χ0) is 11.4. The molecule has 0 saturated carbocycles. The molecule has 1 heterocycles. The number of hydrogen-bond acceptors (Lipinski definition) is 2. The maximum Gasteiger partial charge on any atom is 0.150 e. The van der Waals surface area contributed by atoms with Crippen LogP contribution in [-0.2, 0) is 0 Å². The molecule has 0 aliphatic rings. The van der Waals surface area contributed by atoms with E-state index in [4.69, 9.17) is 34.8 Å². The Balaban J connectivity index is 2.77. The molecule has 1 N–H and O–H groups in total. The van der Waals surface area contributed by atoms with Gasteiger partial charge in [-0.1, -0.05) is 46.5 Å². The lowest BCUT2D eigenvalue weighted by Gasteiger charge is -2.06. The number of rotatable bonds is 3. The smallest absolute Gasteiger partial charge is 0.150 e. The molecule has 15 heavy (non-hydrogen) atoms. The number of anilines is 1. The van der Waals surface area contributed by atoms with Crippen LogP contribution in [0.15, 0.2) is 17.7 Å². The average molecular weight is 266 g/mol. The lowest BCUT2D eigenvalue weighted by molar-refractivity contribution is 1.20. The molecule has 2 nitrogen and oxygen atoms in total. The molecule has 0 aromatic carbocycles. The van der Waals surface area contributed by atoms with E-state index in [9.17, 15) is 0 Å². The van der Waals surface area contributed by atoms with Gasteiger partial charge in [-0.25, -0.2) is 4.98 Å². The summed E-state index contributed by atoms with van der Waals surface area (Å²) >= 11 is 17.5. The Morgan fingerprint density at radius 1 is 1.33 bits per heavy atom. The van der Waals surface area contributed by atoms with Crippen LogP contribution in [-0.4, -0.2) is 11.5 Å². The van der Waals surface area contributed by atoms with Crippen molar-refractivity contribution in [2.45, 2.75) is 13.8 Å². The molecule has 0 bridgehead atoms. The Hall–Kier alpha value is -0.440. The quantitative estimate of drug-likeness (QED) is 0.646. The van der Waals surface area contributed by atoms with Gasteiger partial charge in [-0.3, -0.25) is 0 Å². The summed E-state index contributed by atoms with van der Waals surface area (Å²) in [6, 6.07) is 1.57. The Morgan fingerprint density at radius 2 is 2.00 bits per heavy atom. The fraction of sp³-hybridized carbons (Fsp3) is 0.300. The first kappa shape index (κ1) is 12.6. The summed E-state index contributed by atoms with van der Waals surface area (Å²) in [5.41, 5.74) is 1.22. The van der Waals surface area contributed by atoms with Crippen LogP contribution in [0.5, 0.6) is 0 Å². The summed E-state index contributed by atoms with van der Waals surface area (Å²) in [7, 11) is 0. The number of allylic oxidation sites excluding steroid dienone is 1. The summed E-state index contributed by atoms with van der Waals surface area (Å²) < 4.78 is 0. The average Bonchev–Trinajstić information content (AvgIpc) is 2.13. The Kier molecular flexibility index (Phi) is 4.71. The van der Waals surface area contributed by atoms with Crippen molar-refractivity contribution in [1.29, 1.82) is 0 Å². The fourth-order valence-electron chi connectivity index (χ4n) is 0.920. The van der Waals surface area contributed by atoms with Crippen LogP contribution in [0.3, 0.4) is 0 Å². The highest BCUT2D eigenvalue weighted by Crippen LogP contribution is 2.28. The van der Waals surface area contributed by atoms with E-state index in [0.717, 1.165) is 0 Å². The van der Waals surface area contributed by atoms with E-state index in [2.05, 4.69) is 10.3 Å². The fourth-order valence-corrected chi connectivity index (χ4v) is 1.48. The molecule has 0 aliphatic heterocycles. The van der Waals surface area contributed by atoms with E-state index in [0.29, 0.717) is 22.4 Å². The molecular weight excluding hydrogens is 254 g/mol. The van der Waals surface area contributed by atoms with Crippen molar-refractivity contribution in [3.8, 4) is 0 Å². The summed E-state index contributed by atoms with van der Waals surface area (Å²) in [4.78, 5) is 4.03. The Labute approximate surface area is 104 Å². The minimum Gasteiger partial charge on any atom is -0.365 e. The van der Waals surface area contributed by atoms with Crippen molar-refractivity contribution in [3.63, 3.8) is 0 Å². The second kappa shape index (κ2) is 5.59. The largest absolute Gasteiger partial charge is 0.365 e. The Bertz CT molecular complexity index is 384. The van der Waals surface area contributed by atoms with Gasteiger partial charge in [0, 0.05) is 6.54 Å². The first-order valence-electron chi connectivity index (χ1n) is 4.39. The lowest BCUT2D eigenvalue weighted by atomic mass is 10.3. The van der Waals surface area contributed by atoms with Gasteiger partial charge in [0.2, 0.25) is 0 Å². The predicted octanol–water partition coefficient (Wildman–Crippen LogP) is 4.42. The van der Waals surface area contributed by atoms with Gasteiger partial charge in [-0.05, 0) is 19.9 Å². The molecule has 1 aromatic heterocycles. The maximum atomic E-state index is 5.93. The van der Waals surface area contributed by atoms with Crippen LogP contribution in [0.25, 0.3) is 0 Å². The van der Waals surface area contributed by atoms with Gasteiger partial charge in [0.05, 0.1) is 10.0 Å². The highest BCUT2D eigenvalue weighted by Gasteiger charge is 2.06. The van der Waals surface area contributed by atoms with Crippen LogP contribution < -0.4 is 5.32 Å². The van der Waals surface area contributed by atoms with E-state index in [1.165, 1.54) is 5.57 Å². The monoisotopic (exact) mass is 264 g/mol. The van der Waals surface area contributed by atoms with E-state index in [-0.39, 0.29) is 5.15 Å². The van der Waals surface area contributed by atoms with Crippen LogP contribution in [0.2, 0.25) is 15.2 Å². The number of halogens is 3. The third-order valence-corrected chi connectivity index (χ3v) is 2.63. The third-order valence-electron chi connectivity index (χ3n) is 1.67. The molecule has 0 aliphatic carbocycles. The van der Waals surface area contributed by atoms with Crippen molar-refractivity contribution >= 4 is 40.6 Å². The van der Waals surface area contributed by atoms with Crippen molar-refractivity contribution in [3.05, 3.63) is 32.9 Å². The number of hydrogen-bond donors (Lipinski definition) is 1. The molecule has 5 heteroatoms. The molecule has 0 atom stereocenters. The molecule has 1 aromatic rings. The second-order valence-corrected chi connectivity index (χ2v) is 4.43. The minimum atomic E-state index is 0.251. The van der Waals surface area contributed by atoms with Gasteiger partial charge >= 0.3 is 0 Å². The van der Waals surface area contributed by atoms with Crippen molar-refractivity contribution < 1.29 is 0 Å². The van der Waals surface area contributed by atoms with E-state index in [1.54, 1.807) is 6.07 Å². The van der Waals surface area contributed by atoms with Crippen molar-refractivity contribution in [1.82, 2.24) is 4.98 Å². The third kappa shape index (κ3) is 3.90. The van der Waals surface area contributed by atoms with E-state index >= 15 is 0 Å². The Morgan fingerprint density at radius 3 is 2.60 bits per heavy atom. The number of nitrogens with zero attached hydrogens (tertiary/aromatic N) is 1. The summed E-state index contributed by atoms with van der Waals surface area (Å²) in [5, 5.41) is 4.12. The minimum absolute atomic E-state index is 0.251. The number of pyridine rings is 1. The molecule has 1 rings (SSSR count). The van der Waals surface area contributed by atoms with Crippen molar-refractivity contribution in [2.24, 2.45) is 0 Å². The SMILES string of the molecule is CC(C)=CCNc1nc(Cl)c(Cl)cc1Cl. The molecule has 82 valence electrons. The van der Waals surface area contributed by atoms with Gasteiger partial charge in [0.1, 0.15) is 11.0 Å². The van der Waals surface area contributed by atoms with Gasteiger partial charge < -0.3 is 5.32 Å². The van der Waals surface area contributed by atoms with Crippen molar-refractivity contribution in [2.75, 3.05) is 11.9 Å². The van der Waals surface area contributed by atoms with Gasteiger partial charge in [0.15, 0.2) is 0 Å². The highest BCUT2D eigenvalue weighted by atomic mass is 35.5. The van der Waals surface area contributed by atoms with Gasteiger partial charge in [-0.15, -0.1) is 0 Å². The zero-order valence-corrected chi connectivity index (χ0v) is 10.7. The molecule has 0 unspecified atom stereocenters. The van der Waals surface area contributed by atoms with Crippen LogP contribution in [0.4, 0.5) is 5.82 Å². The maximum absolute atomic E-state index is 5.93. The first-order valence-corrected chi connectivity index (χ1v) is 5.53. The standard InChI is InChI=1S/C10H11Cl3N2/c1-6(2)3-4-14-10-8(12)5-7(11)9(13)15-10/h3,5H,4H2,1-2H3,(H,14,15). The molecule has 0 radical (unpaired) electrons.